The number of carboxylic acid groups (broad SMARTS) is 1. The number of rotatable bonds is 5. The minimum atomic E-state index is -1.24. The van der Waals surface area contributed by atoms with E-state index < -0.39 is 23.2 Å². The van der Waals surface area contributed by atoms with Crippen LogP contribution in [0.4, 0.5) is 4.79 Å². The van der Waals surface area contributed by atoms with Gasteiger partial charge in [0, 0.05) is 10.9 Å². The van der Waals surface area contributed by atoms with Crippen LogP contribution in [0.15, 0.2) is 64.0 Å². The molecule has 0 spiro atoms. The standard InChI is InChI=1S/C19H14BrNO4S/c20-14-8-4-7-13(9-14)11-16-17(22)21(19(25)26-16)15(18(23)24)10-12-5-2-1-3-6-12/h1-9,11,15H,10H2,(H,23,24)/b16-11-/t15-/m0/s1. The Morgan fingerprint density at radius 2 is 1.88 bits per heavy atom. The van der Waals surface area contributed by atoms with Gasteiger partial charge in [0.15, 0.2) is 0 Å². The third-order valence-corrected chi connectivity index (χ3v) is 5.22. The number of amides is 2. The molecule has 3 rings (SSSR count). The maximum absolute atomic E-state index is 12.7. The number of carboxylic acids is 1. The minimum Gasteiger partial charge on any atom is -0.480 e. The minimum absolute atomic E-state index is 0.0678. The second-order valence-corrected chi connectivity index (χ2v) is 7.56. The van der Waals surface area contributed by atoms with Crippen molar-refractivity contribution in [2.45, 2.75) is 12.5 Å². The maximum Gasteiger partial charge on any atom is 0.327 e. The second-order valence-electron chi connectivity index (χ2n) is 5.65. The van der Waals surface area contributed by atoms with Gasteiger partial charge in [-0.1, -0.05) is 58.4 Å². The molecule has 7 heteroatoms. The van der Waals surface area contributed by atoms with Gasteiger partial charge in [0.05, 0.1) is 4.91 Å². The van der Waals surface area contributed by atoms with E-state index in [1.165, 1.54) is 0 Å². The van der Waals surface area contributed by atoms with E-state index in [2.05, 4.69) is 15.9 Å². The molecule has 26 heavy (non-hydrogen) atoms. The SMILES string of the molecule is O=C(O)[C@H](Cc1ccccc1)N1C(=O)S/C(=C\c2cccc(Br)c2)C1=O. The van der Waals surface area contributed by atoms with Crippen LogP contribution in [0, 0.1) is 0 Å². The third kappa shape index (κ3) is 4.05. The molecule has 2 aromatic rings. The van der Waals surface area contributed by atoms with E-state index in [1.54, 1.807) is 36.4 Å². The van der Waals surface area contributed by atoms with Crippen LogP contribution < -0.4 is 0 Å². The van der Waals surface area contributed by atoms with Gasteiger partial charge in [-0.25, -0.2) is 4.79 Å². The van der Waals surface area contributed by atoms with Crippen LogP contribution in [-0.2, 0) is 16.0 Å². The first-order valence-corrected chi connectivity index (χ1v) is 9.36. The molecular formula is C19H14BrNO4S. The van der Waals surface area contributed by atoms with Crippen LogP contribution in [0.1, 0.15) is 11.1 Å². The van der Waals surface area contributed by atoms with E-state index in [-0.39, 0.29) is 11.3 Å². The number of hydrogen-bond donors (Lipinski definition) is 1. The quantitative estimate of drug-likeness (QED) is 0.718. The lowest BCUT2D eigenvalue weighted by Crippen LogP contribution is -2.45. The molecule has 0 aromatic heterocycles. The first-order valence-electron chi connectivity index (χ1n) is 7.75. The molecule has 1 saturated heterocycles. The first-order chi connectivity index (χ1) is 12.5. The van der Waals surface area contributed by atoms with E-state index in [0.717, 1.165) is 32.3 Å². The number of hydrogen-bond acceptors (Lipinski definition) is 4. The normalized spacial score (nSPS) is 17.0. The van der Waals surface area contributed by atoms with E-state index >= 15 is 0 Å². The lowest BCUT2D eigenvalue weighted by molar-refractivity contribution is -0.145. The van der Waals surface area contributed by atoms with Crippen molar-refractivity contribution < 1.29 is 19.5 Å². The molecule has 0 aliphatic carbocycles. The van der Waals surface area contributed by atoms with Crippen molar-refractivity contribution >= 4 is 50.9 Å². The van der Waals surface area contributed by atoms with Gasteiger partial charge in [0.2, 0.25) is 0 Å². The summed E-state index contributed by atoms with van der Waals surface area (Å²) in [7, 11) is 0. The zero-order chi connectivity index (χ0) is 18.7. The Kier molecular flexibility index (Phi) is 5.58. The molecular weight excluding hydrogens is 418 g/mol. The lowest BCUT2D eigenvalue weighted by Gasteiger charge is -2.21. The number of carbonyl (C=O) groups is 3. The fourth-order valence-corrected chi connectivity index (χ4v) is 3.92. The van der Waals surface area contributed by atoms with E-state index in [1.807, 2.05) is 24.3 Å². The van der Waals surface area contributed by atoms with Crippen molar-refractivity contribution in [3.63, 3.8) is 0 Å². The number of imide groups is 1. The maximum atomic E-state index is 12.7. The number of benzene rings is 2. The van der Waals surface area contributed by atoms with Crippen molar-refractivity contribution in [3.05, 3.63) is 75.1 Å². The summed E-state index contributed by atoms with van der Waals surface area (Å²) in [5.41, 5.74) is 1.50. The van der Waals surface area contributed by atoms with Gasteiger partial charge in [-0.2, -0.15) is 0 Å². The highest BCUT2D eigenvalue weighted by atomic mass is 79.9. The summed E-state index contributed by atoms with van der Waals surface area (Å²) in [6.45, 7) is 0. The van der Waals surface area contributed by atoms with Gasteiger partial charge in [0.25, 0.3) is 11.1 Å². The Morgan fingerprint density at radius 3 is 2.54 bits per heavy atom. The van der Waals surface area contributed by atoms with Gasteiger partial charge < -0.3 is 5.11 Å². The smallest absolute Gasteiger partial charge is 0.327 e. The Labute approximate surface area is 162 Å². The summed E-state index contributed by atoms with van der Waals surface area (Å²) in [6, 6.07) is 15.0. The monoisotopic (exact) mass is 431 g/mol. The Bertz CT molecular complexity index is 897. The highest BCUT2D eigenvalue weighted by molar-refractivity contribution is 9.10. The summed E-state index contributed by atoms with van der Waals surface area (Å²) < 4.78 is 0.845. The van der Waals surface area contributed by atoms with Crippen molar-refractivity contribution in [1.29, 1.82) is 0 Å². The Morgan fingerprint density at radius 1 is 1.15 bits per heavy atom. The number of carbonyl (C=O) groups excluding carboxylic acids is 2. The van der Waals surface area contributed by atoms with Crippen LogP contribution in [-0.4, -0.2) is 33.2 Å². The molecule has 0 bridgehead atoms. The highest BCUT2D eigenvalue weighted by Crippen LogP contribution is 2.34. The van der Waals surface area contributed by atoms with Crippen LogP contribution >= 0.6 is 27.7 Å². The number of thioether (sulfide) groups is 1. The van der Waals surface area contributed by atoms with Crippen molar-refractivity contribution in [3.8, 4) is 0 Å². The van der Waals surface area contributed by atoms with E-state index in [4.69, 9.17) is 0 Å². The highest BCUT2D eigenvalue weighted by Gasteiger charge is 2.42. The molecule has 1 aliphatic heterocycles. The largest absolute Gasteiger partial charge is 0.480 e. The molecule has 2 aromatic carbocycles. The van der Waals surface area contributed by atoms with Gasteiger partial charge in [-0.3, -0.25) is 14.5 Å². The molecule has 5 nitrogen and oxygen atoms in total. The van der Waals surface area contributed by atoms with Gasteiger partial charge in [-0.15, -0.1) is 0 Å². The average Bonchev–Trinajstić information content (AvgIpc) is 2.87. The average molecular weight is 432 g/mol. The molecule has 132 valence electrons. The number of halogens is 1. The fourth-order valence-electron chi connectivity index (χ4n) is 2.62. The van der Waals surface area contributed by atoms with Gasteiger partial charge in [-0.05, 0) is 41.1 Å². The van der Waals surface area contributed by atoms with Crippen molar-refractivity contribution in [2.24, 2.45) is 0 Å². The molecule has 1 aliphatic rings. The molecule has 2 amide bonds. The van der Waals surface area contributed by atoms with Crippen molar-refractivity contribution in [1.82, 2.24) is 4.90 Å². The zero-order valence-corrected chi connectivity index (χ0v) is 15.9. The third-order valence-electron chi connectivity index (χ3n) is 3.84. The summed E-state index contributed by atoms with van der Waals surface area (Å²) in [4.78, 5) is 37.8. The van der Waals surface area contributed by atoms with Crippen LogP contribution in [0.25, 0.3) is 6.08 Å². The molecule has 0 unspecified atom stereocenters. The lowest BCUT2D eigenvalue weighted by atomic mass is 10.0. The molecule has 1 heterocycles. The Hall–Kier alpha value is -2.38. The van der Waals surface area contributed by atoms with Gasteiger partial charge in [0.1, 0.15) is 6.04 Å². The van der Waals surface area contributed by atoms with Crippen LogP contribution in [0.3, 0.4) is 0 Å². The summed E-state index contributed by atoms with van der Waals surface area (Å²) in [6.07, 6.45) is 1.66. The molecule has 1 N–H and O–H groups in total. The topological polar surface area (TPSA) is 74.7 Å². The zero-order valence-electron chi connectivity index (χ0n) is 13.5. The molecule has 0 radical (unpaired) electrons. The number of nitrogens with zero attached hydrogens (tertiary/aromatic N) is 1. The molecule has 1 atom stereocenters. The summed E-state index contributed by atoms with van der Waals surface area (Å²) in [5.74, 6) is -1.79. The molecule has 1 fully saturated rings. The summed E-state index contributed by atoms with van der Waals surface area (Å²) in [5, 5.41) is 8.99. The van der Waals surface area contributed by atoms with Crippen LogP contribution in [0.2, 0.25) is 0 Å². The van der Waals surface area contributed by atoms with E-state index in [9.17, 15) is 19.5 Å². The van der Waals surface area contributed by atoms with Gasteiger partial charge >= 0.3 is 5.97 Å². The predicted molar refractivity (Wildman–Crippen MR) is 104 cm³/mol. The predicted octanol–water partition coefficient (Wildman–Crippen LogP) is 4.18. The van der Waals surface area contributed by atoms with Crippen molar-refractivity contribution in [2.75, 3.05) is 0 Å². The van der Waals surface area contributed by atoms with Crippen LogP contribution in [0.5, 0.6) is 0 Å². The van der Waals surface area contributed by atoms with E-state index in [0.29, 0.717) is 0 Å². The fraction of sp³-hybridized carbons (Fsp3) is 0.105. The number of aliphatic carboxylic acids is 1. The summed E-state index contributed by atoms with van der Waals surface area (Å²) >= 11 is 4.11. The second kappa shape index (κ2) is 7.88. The first kappa shape index (κ1) is 18.4. The Balaban J connectivity index is 1.88. The molecule has 0 saturated carbocycles.